The number of urea groups is 1. The fraction of sp³-hybridized carbons (Fsp3) is 0.143. The molecule has 1 aromatic carbocycles. The maximum Gasteiger partial charge on any atom is 0.320 e. The summed E-state index contributed by atoms with van der Waals surface area (Å²) in [6.07, 6.45) is 3.48. The fourth-order valence-corrected chi connectivity index (χ4v) is 2.72. The van der Waals surface area contributed by atoms with Gasteiger partial charge in [0.25, 0.3) is 5.91 Å². The van der Waals surface area contributed by atoms with E-state index in [1.165, 1.54) is 12.1 Å². The Morgan fingerprint density at radius 3 is 2.34 bits per heavy atom. The Kier molecular flexibility index (Phi) is 6.16. The molecular weight excluding hydrogens is 370 g/mol. The Morgan fingerprint density at radius 2 is 1.72 bits per heavy atom. The van der Waals surface area contributed by atoms with E-state index >= 15 is 0 Å². The summed E-state index contributed by atoms with van der Waals surface area (Å²) in [5, 5.41) is 14.3. The molecule has 3 amide bonds. The number of amides is 3. The lowest BCUT2D eigenvalue weighted by atomic mass is 10.0. The number of nitrogens with zero attached hydrogens (tertiary/aromatic N) is 2. The lowest BCUT2D eigenvalue weighted by molar-refractivity contribution is 0.0706. The number of aromatic nitrogens is 2. The predicted molar refractivity (Wildman–Crippen MR) is 109 cm³/mol. The molecule has 0 aliphatic carbocycles. The van der Waals surface area contributed by atoms with E-state index in [0.717, 1.165) is 16.7 Å². The van der Waals surface area contributed by atoms with Crippen molar-refractivity contribution >= 4 is 17.8 Å². The van der Waals surface area contributed by atoms with Gasteiger partial charge in [0.05, 0.1) is 5.69 Å². The molecule has 0 saturated carbocycles. The van der Waals surface area contributed by atoms with Gasteiger partial charge in [-0.3, -0.25) is 20.3 Å². The SMILES string of the molecule is CC(C)NC(=O)Nc1cc(C(=O)NO)cc(-c2ccc(-c3cccnc3)cc2)n1. The van der Waals surface area contributed by atoms with Crippen LogP contribution in [0.25, 0.3) is 22.4 Å². The minimum atomic E-state index is -0.701. The highest BCUT2D eigenvalue weighted by molar-refractivity contribution is 5.97. The van der Waals surface area contributed by atoms with Crippen molar-refractivity contribution in [3.63, 3.8) is 0 Å². The summed E-state index contributed by atoms with van der Waals surface area (Å²) in [7, 11) is 0. The molecule has 0 aliphatic rings. The van der Waals surface area contributed by atoms with Crippen molar-refractivity contribution in [2.45, 2.75) is 19.9 Å². The maximum absolute atomic E-state index is 12.0. The van der Waals surface area contributed by atoms with Crippen molar-refractivity contribution in [3.05, 3.63) is 66.5 Å². The Bertz CT molecular complexity index is 1000. The Hall–Kier alpha value is -3.78. The van der Waals surface area contributed by atoms with Gasteiger partial charge >= 0.3 is 6.03 Å². The molecule has 0 atom stereocenters. The van der Waals surface area contributed by atoms with Gasteiger partial charge < -0.3 is 5.32 Å². The van der Waals surface area contributed by atoms with E-state index in [0.29, 0.717) is 5.69 Å². The summed E-state index contributed by atoms with van der Waals surface area (Å²) < 4.78 is 0. The molecule has 3 aromatic rings. The van der Waals surface area contributed by atoms with Gasteiger partial charge in [-0.1, -0.05) is 30.3 Å². The smallest absolute Gasteiger partial charge is 0.320 e. The highest BCUT2D eigenvalue weighted by Gasteiger charge is 2.13. The average Bonchev–Trinajstić information content (AvgIpc) is 2.73. The first-order chi connectivity index (χ1) is 14.0. The molecule has 8 heteroatoms. The summed E-state index contributed by atoms with van der Waals surface area (Å²) in [6, 6.07) is 13.8. The van der Waals surface area contributed by atoms with Crippen LogP contribution in [0.1, 0.15) is 24.2 Å². The number of hydrogen-bond acceptors (Lipinski definition) is 5. The lowest BCUT2D eigenvalue weighted by Gasteiger charge is -2.12. The Morgan fingerprint density at radius 1 is 1.00 bits per heavy atom. The molecule has 0 radical (unpaired) electrons. The second-order valence-corrected chi connectivity index (χ2v) is 6.64. The average molecular weight is 391 g/mol. The summed E-state index contributed by atoms with van der Waals surface area (Å²) in [6.45, 7) is 3.66. The van der Waals surface area contributed by atoms with E-state index in [4.69, 9.17) is 5.21 Å². The van der Waals surface area contributed by atoms with Gasteiger partial charge in [-0.25, -0.2) is 15.3 Å². The minimum absolute atomic E-state index is 0.0570. The number of benzene rings is 1. The summed E-state index contributed by atoms with van der Waals surface area (Å²) in [5.41, 5.74) is 4.95. The first kappa shape index (κ1) is 20.0. The van der Waals surface area contributed by atoms with E-state index < -0.39 is 11.9 Å². The third-order valence-electron chi connectivity index (χ3n) is 4.03. The second-order valence-electron chi connectivity index (χ2n) is 6.64. The Balaban J connectivity index is 1.94. The van der Waals surface area contributed by atoms with Crippen LogP contribution in [-0.4, -0.2) is 33.2 Å². The van der Waals surface area contributed by atoms with Gasteiger partial charge in [0.2, 0.25) is 0 Å². The van der Waals surface area contributed by atoms with E-state index in [-0.39, 0.29) is 17.4 Å². The molecule has 148 valence electrons. The number of carbonyl (C=O) groups excluding carboxylic acids is 2. The molecule has 0 spiro atoms. The van der Waals surface area contributed by atoms with Crippen LogP contribution in [0.4, 0.5) is 10.6 Å². The molecule has 3 rings (SSSR count). The lowest BCUT2D eigenvalue weighted by Crippen LogP contribution is -2.34. The van der Waals surface area contributed by atoms with Gasteiger partial charge in [0.15, 0.2) is 0 Å². The molecule has 0 fully saturated rings. The monoisotopic (exact) mass is 391 g/mol. The van der Waals surface area contributed by atoms with E-state index in [2.05, 4.69) is 20.6 Å². The number of hydroxylamine groups is 1. The van der Waals surface area contributed by atoms with E-state index in [1.807, 2.05) is 50.2 Å². The zero-order valence-corrected chi connectivity index (χ0v) is 16.0. The largest absolute Gasteiger partial charge is 0.336 e. The number of carbonyl (C=O) groups is 2. The van der Waals surface area contributed by atoms with Crippen LogP contribution >= 0.6 is 0 Å². The van der Waals surface area contributed by atoms with Crippen LogP contribution in [0.15, 0.2) is 60.9 Å². The molecule has 0 bridgehead atoms. The van der Waals surface area contributed by atoms with Crippen LogP contribution in [0.2, 0.25) is 0 Å². The molecule has 2 heterocycles. The molecule has 0 aliphatic heterocycles. The van der Waals surface area contributed by atoms with Crippen molar-refractivity contribution in [1.29, 1.82) is 0 Å². The molecule has 29 heavy (non-hydrogen) atoms. The summed E-state index contributed by atoms with van der Waals surface area (Å²) >= 11 is 0. The standard InChI is InChI=1S/C21H21N5O3/c1-13(2)23-21(28)25-19-11-17(20(27)26-29)10-18(24-19)15-7-5-14(6-8-15)16-4-3-9-22-12-16/h3-13,29H,1-2H3,(H,26,27)(H2,23,24,25,28). The zero-order valence-electron chi connectivity index (χ0n) is 16.0. The third-order valence-corrected chi connectivity index (χ3v) is 4.03. The minimum Gasteiger partial charge on any atom is -0.336 e. The van der Waals surface area contributed by atoms with Crippen molar-refractivity contribution in [2.75, 3.05) is 5.32 Å². The quantitative estimate of drug-likeness (QED) is 0.393. The number of rotatable bonds is 5. The van der Waals surface area contributed by atoms with Crippen LogP contribution in [0.3, 0.4) is 0 Å². The van der Waals surface area contributed by atoms with Gasteiger partial charge in [0, 0.05) is 29.6 Å². The predicted octanol–water partition coefficient (Wildman–Crippen LogP) is 3.46. The van der Waals surface area contributed by atoms with Gasteiger partial charge in [-0.05, 0) is 43.2 Å². The molecular formula is C21H21N5O3. The van der Waals surface area contributed by atoms with Crippen molar-refractivity contribution in [1.82, 2.24) is 20.8 Å². The fourth-order valence-electron chi connectivity index (χ4n) is 2.72. The van der Waals surface area contributed by atoms with Crippen LogP contribution in [-0.2, 0) is 0 Å². The molecule has 4 N–H and O–H groups in total. The van der Waals surface area contributed by atoms with Crippen LogP contribution in [0, 0.1) is 0 Å². The summed E-state index contributed by atoms with van der Waals surface area (Å²) in [4.78, 5) is 32.5. The molecule has 0 saturated heterocycles. The van der Waals surface area contributed by atoms with Gasteiger partial charge in [-0.2, -0.15) is 0 Å². The topological polar surface area (TPSA) is 116 Å². The van der Waals surface area contributed by atoms with Crippen LogP contribution < -0.4 is 16.1 Å². The zero-order chi connectivity index (χ0) is 20.8. The number of pyridine rings is 2. The number of nitrogens with one attached hydrogen (secondary N) is 3. The molecule has 8 nitrogen and oxygen atoms in total. The first-order valence-corrected chi connectivity index (χ1v) is 9.01. The Labute approximate surface area is 168 Å². The number of anilines is 1. The second kappa shape index (κ2) is 8.94. The van der Waals surface area contributed by atoms with E-state index in [1.54, 1.807) is 17.9 Å². The summed E-state index contributed by atoms with van der Waals surface area (Å²) in [5.74, 6) is -0.511. The first-order valence-electron chi connectivity index (χ1n) is 9.01. The highest BCUT2D eigenvalue weighted by atomic mass is 16.5. The third kappa shape index (κ3) is 5.14. The van der Waals surface area contributed by atoms with Gasteiger partial charge in [0.1, 0.15) is 5.82 Å². The highest BCUT2D eigenvalue weighted by Crippen LogP contribution is 2.25. The van der Waals surface area contributed by atoms with Crippen molar-refractivity contribution < 1.29 is 14.8 Å². The van der Waals surface area contributed by atoms with Crippen molar-refractivity contribution in [2.24, 2.45) is 0 Å². The molecule has 0 unspecified atom stereocenters. The van der Waals surface area contributed by atoms with E-state index in [9.17, 15) is 9.59 Å². The van der Waals surface area contributed by atoms with Crippen molar-refractivity contribution in [3.8, 4) is 22.4 Å². The molecule has 2 aromatic heterocycles. The van der Waals surface area contributed by atoms with Crippen LogP contribution in [0.5, 0.6) is 0 Å². The number of hydrogen-bond donors (Lipinski definition) is 4. The maximum atomic E-state index is 12.0. The normalized spacial score (nSPS) is 10.5. The van der Waals surface area contributed by atoms with Gasteiger partial charge in [-0.15, -0.1) is 0 Å².